The van der Waals surface area contributed by atoms with E-state index in [0.29, 0.717) is 24.9 Å². The fraction of sp³-hybridized carbons (Fsp3) is 0.619. The number of para-hydroxylation sites is 1. The zero-order valence-electron chi connectivity index (χ0n) is 17.4. The van der Waals surface area contributed by atoms with Gasteiger partial charge in [0.25, 0.3) is 0 Å². The van der Waals surface area contributed by atoms with Gasteiger partial charge in [-0.25, -0.2) is 14.0 Å². The van der Waals surface area contributed by atoms with Gasteiger partial charge in [0.2, 0.25) is 17.6 Å². The molecule has 10 heteroatoms. The number of carbonyl (C=O) groups is 2. The van der Waals surface area contributed by atoms with E-state index in [9.17, 15) is 19.3 Å². The lowest BCUT2D eigenvalue weighted by atomic mass is 9.65. The number of aliphatic hydroxyl groups is 1. The molecule has 31 heavy (non-hydrogen) atoms. The number of nitrogens with zero attached hydrogens (tertiary/aromatic N) is 1. The fourth-order valence-electron chi connectivity index (χ4n) is 5.75. The number of hydrogen-bond acceptors (Lipinski definition) is 8. The summed E-state index contributed by atoms with van der Waals surface area (Å²) < 4.78 is 35.4. The number of benzene rings is 1. The quantitative estimate of drug-likeness (QED) is 0.382. The van der Waals surface area contributed by atoms with Crippen molar-refractivity contribution in [3.63, 3.8) is 0 Å². The van der Waals surface area contributed by atoms with Gasteiger partial charge in [-0.15, -0.1) is 0 Å². The van der Waals surface area contributed by atoms with Crippen LogP contribution < -0.4 is 4.90 Å². The van der Waals surface area contributed by atoms with Gasteiger partial charge in [-0.3, -0.25) is 18.6 Å². The van der Waals surface area contributed by atoms with Crippen molar-refractivity contribution in [2.24, 2.45) is 17.8 Å². The van der Waals surface area contributed by atoms with E-state index in [1.165, 1.54) is 4.90 Å². The lowest BCUT2D eigenvalue weighted by Gasteiger charge is -2.42. The minimum atomic E-state index is -4.04. The Hall–Kier alpha value is -1.61. The maximum absolute atomic E-state index is 13.4. The number of fused-ring (bicyclic) bond motifs is 6. The van der Waals surface area contributed by atoms with Crippen molar-refractivity contribution >= 4 is 25.3 Å². The molecule has 0 unspecified atom stereocenters. The predicted octanol–water partition coefficient (Wildman–Crippen LogP) is 2.63. The van der Waals surface area contributed by atoms with E-state index in [4.69, 9.17) is 18.3 Å². The Morgan fingerprint density at radius 1 is 1.13 bits per heavy atom. The summed E-state index contributed by atoms with van der Waals surface area (Å²) in [7, 11) is -4.04. The van der Waals surface area contributed by atoms with Crippen LogP contribution in [0.1, 0.15) is 33.1 Å². The van der Waals surface area contributed by atoms with Crippen LogP contribution in [0.25, 0.3) is 0 Å². The molecule has 1 aromatic carbocycles. The zero-order chi connectivity index (χ0) is 22.0. The van der Waals surface area contributed by atoms with Gasteiger partial charge in [0, 0.05) is 5.92 Å². The molecule has 0 bridgehead atoms. The summed E-state index contributed by atoms with van der Waals surface area (Å²) in [5, 5.41) is 11.7. The number of anilines is 1. The Balaban J connectivity index is 1.54. The molecule has 168 valence electrons. The van der Waals surface area contributed by atoms with Gasteiger partial charge in [0.1, 0.15) is 11.7 Å². The van der Waals surface area contributed by atoms with Crippen molar-refractivity contribution in [1.29, 1.82) is 0 Å². The van der Waals surface area contributed by atoms with Crippen molar-refractivity contribution in [2.45, 2.75) is 50.6 Å². The van der Waals surface area contributed by atoms with E-state index in [1.54, 1.807) is 44.2 Å². The average Bonchev–Trinajstić information content (AvgIpc) is 3.21. The second-order valence-corrected chi connectivity index (χ2v) is 10.00. The van der Waals surface area contributed by atoms with Crippen LogP contribution in [0, 0.1) is 17.8 Å². The van der Waals surface area contributed by atoms with Gasteiger partial charge in [-0.05, 0) is 45.2 Å². The normalized spacial score (nSPS) is 38.7. The highest BCUT2D eigenvalue weighted by molar-refractivity contribution is 7.48. The van der Waals surface area contributed by atoms with Crippen molar-refractivity contribution in [1.82, 2.24) is 0 Å². The molecule has 2 aliphatic carbocycles. The Labute approximate surface area is 180 Å². The van der Waals surface area contributed by atoms with Crippen molar-refractivity contribution in [2.75, 3.05) is 18.1 Å². The first-order valence-electron chi connectivity index (χ1n) is 10.7. The number of phosphoric acid groups is 1. The monoisotopic (exact) mass is 451 g/mol. The molecule has 4 aliphatic rings. The van der Waals surface area contributed by atoms with Crippen molar-refractivity contribution in [3.05, 3.63) is 30.3 Å². The lowest BCUT2D eigenvalue weighted by Crippen LogP contribution is -2.59. The SMILES string of the molecule is CCOP(=O)(OCC)O[C@@]12O[C@@H]1[C@H]1C(=O)N(c3ccccc3)C(=O)[C@H]1[C@H]1CCC[C@@]12O. The molecule has 9 nitrogen and oxygen atoms in total. The lowest BCUT2D eigenvalue weighted by molar-refractivity contribution is -0.182. The van der Waals surface area contributed by atoms with E-state index < -0.39 is 49.0 Å². The maximum atomic E-state index is 13.4. The standard InChI is InChI=1S/C21H26NO8P/c1-3-27-31(26,28-4-2)30-21-17(29-21)16-15(14-11-8-12-20(14,21)25)18(23)22(19(16)24)13-9-6-5-7-10-13/h5-7,9-10,14-17,25H,3-4,8,11-12H2,1-2H3/t14-,15+,16+,17-,20-,21+/m1/s1. The Morgan fingerprint density at radius 2 is 1.77 bits per heavy atom. The van der Waals surface area contributed by atoms with Gasteiger partial charge >= 0.3 is 7.82 Å². The summed E-state index contributed by atoms with van der Waals surface area (Å²) >= 11 is 0. The molecular weight excluding hydrogens is 425 g/mol. The number of ether oxygens (including phenoxy) is 1. The summed E-state index contributed by atoms with van der Waals surface area (Å²) in [4.78, 5) is 28.0. The molecule has 2 aliphatic heterocycles. The summed E-state index contributed by atoms with van der Waals surface area (Å²) in [6.07, 6.45) is 0.568. The van der Waals surface area contributed by atoms with Crippen LogP contribution in [0.15, 0.2) is 30.3 Å². The summed E-state index contributed by atoms with van der Waals surface area (Å²) in [6.45, 7) is 3.45. The van der Waals surface area contributed by atoms with Gasteiger partial charge in [-0.2, -0.15) is 0 Å². The number of hydrogen-bond donors (Lipinski definition) is 1. The van der Waals surface area contributed by atoms with Gasteiger partial charge in [0.05, 0.1) is 30.7 Å². The fourth-order valence-corrected chi connectivity index (χ4v) is 7.20. The molecular formula is C21H26NO8P. The molecule has 2 saturated heterocycles. The van der Waals surface area contributed by atoms with E-state index >= 15 is 0 Å². The number of imide groups is 1. The van der Waals surface area contributed by atoms with Gasteiger partial charge in [0.15, 0.2) is 0 Å². The predicted molar refractivity (Wildman–Crippen MR) is 108 cm³/mol. The molecule has 0 radical (unpaired) electrons. The maximum Gasteiger partial charge on any atom is 0.477 e. The average molecular weight is 451 g/mol. The van der Waals surface area contributed by atoms with Crippen LogP contribution in [0.4, 0.5) is 5.69 Å². The van der Waals surface area contributed by atoms with Crippen LogP contribution >= 0.6 is 7.82 Å². The molecule has 0 spiro atoms. The highest BCUT2D eigenvalue weighted by Crippen LogP contribution is 2.71. The van der Waals surface area contributed by atoms with Crippen molar-refractivity contribution in [3.8, 4) is 0 Å². The Bertz CT molecular complexity index is 946. The third-order valence-corrected chi connectivity index (χ3v) is 8.55. The molecule has 2 saturated carbocycles. The smallest absolute Gasteiger partial charge is 0.384 e. The van der Waals surface area contributed by atoms with Crippen LogP contribution in [-0.2, 0) is 32.5 Å². The minimum Gasteiger partial charge on any atom is -0.384 e. The van der Waals surface area contributed by atoms with E-state index in [1.807, 2.05) is 0 Å². The third kappa shape index (κ3) is 2.84. The van der Waals surface area contributed by atoms with Crippen LogP contribution in [-0.4, -0.2) is 47.6 Å². The molecule has 5 rings (SSSR count). The summed E-state index contributed by atoms with van der Waals surface area (Å²) in [6, 6.07) is 8.71. The van der Waals surface area contributed by atoms with E-state index in [0.717, 1.165) is 0 Å². The number of rotatable bonds is 7. The summed E-state index contributed by atoms with van der Waals surface area (Å²) in [5.41, 5.74) is -1.08. The van der Waals surface area contributed by atoms with Crippen LogP contribution in [0.5, 0.6) is 0 Å². The van der Waals surface area contributed by atoms with E-state index in [2.05, 4.69) is 0 Å². The van der Waals surface area contributed by atoms with Crippen molar-refractivity contribution < 1.29 is 37.6 Å². The van der Waals surface area contributed by atoms with Gasteiger partial charge < -0.3 is 9.84 Å². The highest BCUT2D eigenvalue weighted by atomic mass is 31.2. The van der Waals surface area contributed by atoms with Crippen LogP contribution in [0.3, 0.4) is 0 Å². The van der Waals surface area contributed by atoms with Gasteiger partial charge in [-0.1, -0.05) is 18.2 Å². The molecule has 6 atom stereocenters. The zero-order valence-corrected chi connectivity index (χ0v) is 18.3. The number of amides is 2. The van der Waals surface area contributed by atoms with E-state index in [-0.39, 0.29) is 19.1 Å². The summed E-state index contributed by atoms with van der Waals surface area (Å²) in [5.74, 6) is -4.53. The third-order valence-electron chi connectivity index (χ3n) is 6.90. The number of epoxide rings is 1. The second kappa shape index (κ2) is 7.20. The minimum absolute atomic E-state index is 0.0745. The second-order valence-electron chi connectivity index (χ2n) is 8.40. The molecule has 4 fully saturated rings. The first-order valence-corrected chi connectivity index (χ1v) is 12.2. The largest absolute Gasteiger partial charge is 0.477 e. The molecule has 2 heterocycles. The number of phosphoric ester groups is 1. The molecule has 1 aromatic rings. The molecule has 2 amide bonds. The first kappa shape index (κ1) is 21.2. The van der Waals surface area contributed by atoms with Crippen LogP contribution in [0.2, 0.25) is 0 Å². The Morgan fingerprint density at radius 3 is 2.42 bits per heavy atom. The molecule has 0 aromatic heterocycles. The first-order chi connectivity index (χ1) is 14.8. The Kier molecular flexibility index (Phi) is 4.93. The topological polar surface area (TPSA) is 115 Å². The highest BCUT2D eigenvalue weighted by Gasteiger charge is 2.85. The number of carbonyl (C=O) groups excluding carboxylic acids is 2. The molecule has 1 N–H and O–H groups in total.